The number of rotatable bonds is 4. The molecular weight excluding hydrogens is 461 g/mol. The third kappa shape index (κ3) is 5.70. The molecule has 2 aromatic rings. The number of nitrogens with zero attached hydrogens (tertiary/aromatic N) is 1. The Labute approximate surface area is 201 Å². The Morgan fingerprint density at radius 3 is 2.63 bits per heavy atom. The molecule has 1 fully saturated rings. The predicted molar refractivity (Wildman–Crippen MR) is 128 cm³/mol. The van der Waals surface area contributed by atoms with Gasteiger partial charge in [-0.3, -0.25) is 4.79 Å². The summed E-state index contributed by atoms with van der Waals surface area (Å²) in [6.45, 7) is 5.92. The number of carbonyl (C=O) groups excluding carboxylic acids is 2. The van der Waals surface area contributed by atoms with Crippen molar-refractivity contribution >= 4 is 34.6 Å². The number of alkyl halides is 3. The second kappa shape index (κ2) is 9.16. The molecule has 1 unspecified atom stereocenters. The molecule has 0 radical (unpaired) electrons. The molecule has 0 aliphatic carbocycles. The molecule has 10 heteroatoms. The van der Waals surface area contributed by atoms with Crippen LogP contribution < -0.4 is 16.0 Å². The van der Waals surface area contributed by atoms with Gasteiger partial charge in [-0.25, -0.2) is 4.79 Å². The van der Waals surface area contributed by atoms with Gasteiger partial charge in [-0.05, 0) is 51.5 Å². The highest BCUT2D eigenvalue weighted by atomic mass is 19.4. The topological polar surface area (TPSA) is 82.7 Å². The van der Waals surface area contributed by atoms with Gasteiger partial charge in [-0.1, -0.05) is 18.2 Å². The number of carbonyl (C=O) groups is 2. The van der Waals surface area contributed by atoms with Crippen LogP contribution >= 0.6 is 0 Å². The lowest BCUT2D eigenvalue weighted by atomic mass is 10.1. The van der Waals surface area contributed by atoms with Gasteiger partial charge in [-0.15, -0.1) is 0 Å². The van der Waals surface area contributed by atoms with E-state index in [9.17, 15) is 22.8 Å². The van der Waals surface area contributed by atoms with E-state index >= 15 is 0 Å². The van der Waals surface area contributed by atoms with E-state index in [2.05, 4.69) is 16.0 Å². The normalized spacial score (nSPS) is 18.9. The maximum Gasteiger partial charge on any atom is 0.418 e. The average molecular weight is 489 g/mol. The molecule has 186 valence electrons. The Morgan fingerprint density at radius 2 is 1.91 bits per heavy atom. The van der Waals surface area contributed by atoms with Gasteiger partial charge in [0.2, 0.25) is 0 Å². The summed E-state index contributed by atoms with van der Waals surface area (Å²) in [6, 6.07) is 10.6. The zero-order chi connectivity index (χ0) is 25.4. The van der Waals surface area contributed by atoms with Crippen LogP contribution in [0, 0.1) is 0 Å². The SMILES string of the molecule is CC(C)(C)OC(=O)N1CCC(Nc2ccc(N/C=C3\C(=O)Nc4ccccc43)cc2C(F)(F)F)C1. The molecule has 2 aliphatic heterocycles. The molecule has 4 rings (SSSR count). The Morgan fingerprint density at radius 1 is 1.17 bits per heavy atom. The van der Waals surface area contributed by atoms with Gasteiger partial charge < -0.3 is 25.6 Å². The lowest BCUT2D eigenvalue weighted by Gasteiger charge is -2.25. The molecule has 0 spiro atoms. The fraction of sp³-hybridized carbons (Fsp3) is 0.360. The highest BCUT2D eigenvalue weighted by Gasteiger charge is 2.36. The van der Waals surface area contributed by atoms with Crippen molar-refractivity contribution in [2.75, 3.05) is 29.0 Å². The van der Waals surface area contributed by atoms with E-state index in [4.69, 9.17) is 4.74 Å². The molecule has 2 heterocycles. The highest BCUT2D eigenvalue weighted by molar-refractivity contribution is 6.31. The molecule has 0 aromatic heterocycles. The molecule has 3 N–H and O–H groups in total. The van der Waals surface area contributed by atoms with Gasteiger partial charge in [0.05, 0.1) is 11.1 Å². The molecular formula is C25H27F3N4O3. The molecule has 1 atom stereocenters. The first kappa shape index (κ1) is 24.4. The molecule has 2 amide bonds. The summed E-state index contributed by atoms with van der Waals surface area (Å²) in [4.78, 5) is 26.0. The summed E-state index contributed by atoms with van der Waals surface area (Å²) in [6.07, 6.45) is -3.19. The average Bonchev–Trinajstić information content (AvgIpc) is 3.35. The Hall–Kier alpha value is -3.69. The lowest BCUT2D eigenvalue weighted by molar-refractivity contribution is -0.137. The number of anilines is 3. The molecule has 35 heavy (non-hydrogen) atoms. The maximum atomic E-state index is 13.9. The van der Waals surface area contributed by atoms with E-state index < -0.39 is 23.4 Å². The van der Waals surface area contributed by atoms with Crippen molar-refractivity contribution in [3.05, 3.63) is 59.8 Å². The third-order valence-electron chi connectivity index (χ3n) is 5.62. The zero-order valence-corrected chi connectivity index (χ0v) is 19.6. The van der Waals surface area contributed by atoms with E-state index in [1.807, 2.05) is 0 Å². The number of hydrogen-bond donors (Lipinski definition) is 3. The van der Waals surface area contributed by atoms with E-state index in [0.717, 1.165) is 6.07 Å². The molecule has 2 aromatic carbocycles. The maximum absolute atomic E-state index is 13.9. The smallest absolute Gasteiger partial charge is 0.418 e. The van der Waals surface area contributed by atoms with Gasteiger partial charge >= 0.3 is 12.3 Å². The van der Waals surface area contributed by atoms with Crippen LogP contribution in [0.25, 0.3) is 5.57 Å². The van der Waals surface area contributed by atoms with Crippen LogP contribution in [0.1, 0.15) is 38.3 Å². The van der Waals surface area contributed by atoms with Crippen LogP contribution in [0.2, 0.25) is 0 Å². The molecule has 0 bridgehead atoms. The van der Waals surface area contributed by atoms with Crippen LogP contribution in [0.5, 0.6) is 0 Å². The number of fused-ring (bicyclic) bond motifs is 1. The van der Waals surface area contributed by atoms with Gasteiger partial charge in [0, 0.05) is 48.0 Å². The van der Waals surface area contributed by atoms with E-state index in [1.165, 1.54) is 23.2 Å². The third-order valence-corrected chi connectivity index (χ3v) is 5.62. The summed E-state index contributed by atoms with van der Waals surface area (Å²) >= 11 is 0. The van der Waals surface area contributed by atoms with Crippen LogP contribution in [0.15, 0.2) is 48.7 Å². The van der Waals surface area contributed by atoms with Crippen molar-refractivity contribution in [1.82, 2.24) is 4.90 Å². The summed E-state index contributed by atoms with van der Waals surface area (Å²) in [5.74, 6) is -0.330. The number of likely N-dealkylation sites (tertiary alicyclic amines) is 1. The van der Waals surface area contributed by atoms with Crippen LogP contribution in [0.3, 0.4) is 0 Å². The van der Waals surface area contributed by atoms with Crippen molar-refractivity contribution in [3.8, 4) is 0 Å². The van der Waals surface area contributed by atoms with E-state index in [-0.39, 0.29) is 29.9 Å². The summed E-state index contributed by atoms with van der Waals surface area (Å²) in [7, 11) is 0. The second-order valence-corrected chi connectivity index (χ2v) is 9.52. The molecule has 1 saturated heterocycles. The number of halogens is 3. The number of ether oxygens (including phenoxy) is 1. The highest BCUT2D eigenvalue weighted by Crippen LogP contribution is 2.38. The summed E-state index contributed by atoms with van der Waals surface area (Å²) in [5.41, 5.74) is 0.293. The minimum Gasteiger partial charge on any atom is -0.444 e. The number of benzene rings is 2. The van der Waals surface area contributed by atoms with E-state index in [0.29, 0.717) is 29.8 Å². The number of amides is 2. The number of para-hydroxylation sites is 1. The largest absolute Gasteiger partial charge is 0.444 e. The number of hydrogen-bond acceptors (Lipinski definition) is 5. The van der Waals surface area contributed by atoms with Crippen molar-refractivity contribution in [3.63, 3.8) is 0 Å². The van der Waals surface area contributed by atoms with Crippen molar-refractivity contribution in [2.24, 2.45) is 0 Å². The van der Waals surface area contributed by atoms with Gasteiger partial charge in [0.25, 0.3) is 5.91 Å². The lowest BCUT2D eigenvalue weighted by Crippen LogP contribution is -2.36. The van der Waals surface area contributed by atoms with E-state index in [1.54, 1.807) is 45.0 Å². The van der Waals surface area contributed by atoms with Crippen LogP contribution in [-0.2, 0) is 15.7 Å². The second-order valence-electron chi connectivity index (χ2n) is 9.52. The van der Waals surface area contributed by atoms with Crippen LogP contribution in [-0.4, -0.2) is 41.6 Å². The number of nitrogens with one attached hydrogen (secondary N) is 3. The zero-order valence-electron chi connectivity index (χ0n) is 19.6. The summed E-state index contributed by atoms with van der Waals surface area (Å²) in [5, 5.41) is 8.46. The minimum absolute atomic E-state index is 0.0734. The van der Waals surface area contributed by atoms with Crippen LogP contribution in [0.4, 0.5) is 35.0 Å². The molecule has 0 saturated carbocycles. The van der Waals surface area contributed by atoms with Crippen molar-refractivity contribution in [2.45, 2.75) is 45.0 Å². The monoisotopic (exact) mass is 488 g/mol. The Balaban J connectivity index is 1.49. The first-order chi connectivity index (χ1) is 16.4. The van der Waals surface area contributed by atoms with Gasteiger partial charge in [-0.2, -0.15) is 13.2 Å². The predicted octanol–water partition coefficient (Wildman–Crippen LogP) is 5.53. The molecule has 2 aliphatic rings. The fourth-order valence-electron chi connectivity index (χ4n) is 4.02. The first-order valence-corrected chi connectivity index (χ1v) is 11.2. The Kier molecular flexibility index (Phi) is 6.40. The molecule has 7 nitrogen and oxygen atoms in total. The van der Waals surface area contributed by atoms with Crippen molar-refractivity contribution in [1.29, 1.82) is 0 Å². The van der Waals surface area contributed by atoms with Gasteiger partial charge in [0.1, 0.15) is 5.60 Å². The van der Waals surface area contributed by atoms with Crippen molar-refractivity contribution < 1.29 is 27.5 Å². The first-order valence-electron chi connectivity index (χ1n) is 11.2. The van der Waals surface area contributed by atoms with Gasteiger partial charge in [0.15, 0.2) is 0 Å². The minimum atomic E-state index is -4.60. The standard InChI is InChI=1S/C25H27F3N4O3/c1-24(2,3)35-23(34)32-11-10-16(14-32)30-21-9-8-15(12-19(21)25(26,27)28)29-13-18-17-6-4-5-7-20(17)31-22(18)33/h4-9,12-13,16,29-30H,10-11,14H2,1-3H3,(H,31,33)/b18-13-. The summed E-state index contributed by atoms with van der Waals surface area (Å²) < 4.78 is 46.9. The Bertz CT molecular complexity index is 1170. The quantitative estimate of drug-likeness (QED) is 0.493. The fourth-order valence-corrected chi connectivity index (χ4v) is 4.02.